The molecule has 0 saturated carbocycles. The molecular formula is C14H11BrINO. The lowest BCUT2D eigenvalue weighted by atomic mass is 10.1. The largest absolute Gasteiger partial charge is 0.322 e. The maximum atomic E-state index is 12.1. The number of benzene rings is 2. The zero-order valence-electron chi connectivity index (χ0n) is 9.71. The molecule has 1 amide bonds. The molecule has 2 aromatic rings. The van der Waals surface area contributed by atoms with Crippen LogP contribution in [0, 0.1) is 10.5 Å². The summed E-state index contributed by atoms with van der Waals surface area (Å²) in [4.78, 5) is 12.1. The van der Waals surface area contributed by atoms with E-state index in [4.69, 9.17) is 0 Å². The number of carbonyl (C=O) groups excluding carboxylic acids is 1. The Kier molecular flexibility index (Phi) is 4.40. The molecule has 2 nitrogen and oxygen atoms in total. The van der Waals surface area contributed by atoms with Crippen molar-refractivity contribution in [2.75, 3.05) is 5.32 Å². The molecule has 4 heteroatoms. The third-order valence-corrected chi connectivity index (χ3v) is 3.84. The second kappa shape index (κ2) is 5.84. The number of nitrogens with one attached hydrogen (secondary N) is 1. The summed E-state index contributed by atoms with van der Waals surface area (Å²) < 4.78 is 1.90. The monoisotopic (exact) mass is 415 g/mol. The van der Waals surface area contributed by atoms with Gasteiger partial charge in [0.25, 0.3) is 5.91 Å². The molecule has 0 bridgehead atoms. The van der Waals surface area contributed by atoms with Crippen LogP contribution in [-0.4, -0.2) is 5.91 Å². The molecule has 0 radical (unpaired) electrons. The number of hydrogen-bond acceptors (Lipinski definition) is 1. The van der Waals surface area contributed by atoms with Crippen molar-refractivity contribution in [1.29, 1.82) is 0 Å². The highest BCUT2D eigenvalue weighted by molar-refractivity contribution is 14.1. The Hall–Kier alpha value is -0.880. The number of carbonyl (C=O) groups is 1. The SMILES string of the molecule is Cc1ccc(C(=O)Nc2cccc(Br)c2)c(I)c1. The molecule has 0 spiro atoms. The van der Waals surface area contributed by atoms with Crippen LogP contribution in [0.2, 0.25) is 0 Å². The van der Waals surface area contributed by atoms with Gasteiger partial charge in [-0.15, -0.1) is 0 Å². The van der Waals surface area contributed by atoms with E-state index in [2.05, 4.69) is 43.8 Å². The Labute approximate surface area is 128 Å². The minimum atomic E-state index is -0.0856. The van der Waals surface area contributed by atoms with Crippen LogP contribution in [0.15, 0.2) is 46.9 Å². The summed E-state index contributed by atoms with van der Waals surface area (Å²) in [6, 6.07) is 13.3. The maximum absolute atomic E-state index is 12.1. The van der Waals surface area contributed by atoms with Gasteiger partial charge in [0.2, 0.25) is 0 Å². The first-order chi connectivity index (χ1) is 8.56. The normalized spacial score (nSPS) is 10.2. The Morgan fingerprint density at radius 1 is 1.22 bits per heavy atom. The second-order valence-electron chi connectivity index (χ2n) is 3.95. The predicted octanol–water partition coefficient (Wildman–Crippen LogP) is 4.61. The quantitative estimate of drug-likeness (QED) is 0.712. The zero-order valence-corrected chi connectivity index (χ0v) is 13.4. The number of anilines is 1. The fourth-order valence-electron chi connectivity index (χ4n) is 1.57. The fourth-order valence-corrected chi connectivity index (χ4v) is 2.88. The van der Waals surface area contributed by atoms with Gasteiger partial charge in [-0.05, 0) is 59.8 Å². The topological polar surface area (TPSA) is 29.1 Å². The summed E-state index contributed by atoms with van der Waals surface area (Å²) in [6.45, 7) is 2.01. The van der Waals surface area contributed by atoms with Crippen molar-refractivity contribution >= 4 is 50.1 Å². The van der Waals surface area contributed by atoms with Crippen molar-refractivity contribution < 1.29 is 4.79 Å². The summed E-state index contributed by atoms with van der Waals surface area (Å²) in [5, 5.41) is 2.89. The zero-order chi connectivity index (χ0) is 13.1. The van der Waals surface area contributed by atoms with Crippen LogP contribution >= 0.6 is 38.5 Å². The Morgan fingerprint density at radius 2 is 2.00 bits per heavy atom. The minimum absolute atomic E-state index is 0.0856. The van der Waals surface area contributed by atoms with Crippen LogP contribution in [0.4, 0.5) is 5.69 Å². The lowest BCUT2D eigenvalue weighted by Crippen LogP contribution is -2.13. The third kappa shape index (κ3) is 3.32. The highest BCUT2D eigenvalue weighted by atomic mass is 127. The first-order valence-corrected chi connectivity index (χ1v) is 7.26. The molecule has 0 saturated heterocycles. The van der Waals surface area contributed by atoms with E-state index < -0.39 is 0 Å². The molecule has 2 rings (SSSR count). The van der Waals surface area contributed by atoms with Gasteiger partial charge in [-0.1, -0.05) is 33.6 Å². The number of rotatable bonds is 2. The fraction of sp³-hybridized carbons (Fsp3) is 0.0714. The van der Waals surface area contributed by atoms with E-state index in [-0.39, 0.29) is 5.91 Å². The van der Waals surface area contributed by atoms with E-state index >= 15 is 0 Å². The van der Waals surface area contributed by atoms with E-state index in [0.29, 0.717) is 5.56 Å². The summed E-state index contributed by atoms with van der Waals surface area (Å²) in [6.07, 6.45) is 0. The van der Waals surface area contributed by atoms with E-state index in [1.54, 1.807) is 0 Å². The Balaban J connectivity index is 2.22. The molecule has 0 aliphatic heterocycles. The number of halogens is 2. The summed E-state index contributed by atoms with van der Waals surface area (Å²) in [5.74, 6) is -0.0856. The van der Waals surface area contributed by atoms with Gasteiger partial charge >= 0.3 is 0 Å². The van der Waals surface area contributed by atoms with Crippen LogP contribution in [0.25, 0.3) is 0 Å². The smallest absolute Gasteiger partial charge is 0.256 e. The van der Waals surface area contributed by atoms with Crippen molar-refractivity contribution in [3.63, 3.8) is 0 Å². The Bertz CT molecular complexity index is 598. The first-order valence-electron chi connectivity index (χ1n) is 5.39. The third-order valence-electron chi connectivity index (χ3n) is 2.45. The number of amides is 1. The van der Waals surface area contributed by atoms with E-state index in [1.807, 2.05) is 49.4 Å². The van der Waals surface area contributed by atoms with Gasteiger partial charge in [-0.2, -0.15) is 0 Å². The van der Waals surface area contributed by atoms with Crippen molar-refractivity contribution in [3.8, 4) is 0 Å². The molecule has 0 aromatic heterocycles. The van der Waals surface area contributed by atoms with Crippen LogP contribution < -0.4 is 5.32 Å². The summed E-state index contributed by atoms with van der Waals surface area (Å²) >= 11 is 5.56. The van der Waals surface area contributed by atoms with Crippen LogP contribution in [0.5, 0.6) is 0 Å². The molecule has 0 unspecified atom stereocenters. The summed E-state index contributed by atoms with van der Waals surface area (Å²) in [5.41, 5.74) is 2.63. The second-order valence-corrected chi connectivity index (χ2v) is 6.03. The van der Waals surface area contributed by atoms with Gasteiger partial charge in [0.15, 0.2) is 0 Å². The highest BCUT2D eigenvalue weighted by Gasteiger charge is 2.10. The van der Waals surface area contributed by atoms with Gasteiger partial charge in [0.1, 0.15) is 0 Å². The van der Waals surface area contributed by atoms with Gasteiger partial charge < -0.3 is 5.32 Å². The maximum Gasteiger partial charge on any atom is 0.256 e. The van der Waals surface area contributed by atoms with Crippen molar-refractivity contribution in [2.24, 2.45) is 0 Å². The molecule has 0 heterocycles. The molecular weight excluding hydrogens is 405 g/mol. The lowest BCUT2D eigenvalue weighted by molar-refractivity contribution is 0.102. The molecule has 92 valence electrons. The van der Waals surface area contributed by atoms with Gasteiger partial charge in [-0.3, -0.25) is 4.79 Å². The molecule has 0 aliphatic rings. The van der Waals surface area contributed by atoms with Crippen molar-refractivity contribution in [3.05, 3.63) is 61.6 Å². The van der Waals surface area contributed by atoms with E-state index in [0.717, 1.165) is 19.3 Å². The highest BCUT2D eigenvalue weighted by Crippen LogP contribution is 2.19. The van der Waals surface area contributed by atoms with Gasteiger partial charge in [0, 0.05) is 13.7 Å². The van der Waals surface area contributed by atoms with Crippen LogP contribution in [-0.2, 0) is 0 Å². The average Bonchev–Trinajstić information content (AvgIpc) is 2.28. The van der Waals surface area contributed by atoms with E-state index in [9.17, 15) is 4.79 Å². The van der Waals surface area contributed by atoms with Gasteiger partial charge in [0.05, 0.1) is 5.56 Å². The molecule has 2 aromatic carbocycles. The molecule has 1 N–H and O–H groups in total. The predicted molar refractivity (Wildman–Crippen MR) is 86.0 cm³/mol. The summed E-state index contributed by atoms with van der Waals surface area (Å²) in [7, 11) is 0. The van der Waals surface area contributed by atoms with Crippen molar-refractivity contribution in [1.82, 2.24) is 0 Å². The molecule has 0 aliphatic carbocycles. The number of aryl methyl sites for hydroxylation is 1. The number of hydrogen-bond donors (Lipinski definition) is 1. The average molecular weight is 416 g/mol. The molecule has 0 atom stereocenters. The molecule has 0 fully saturated rings. The van der Waals surface area contributed by atoms with Crippen molar-refractivity contribution in [2.45, 2.75) is 6.92 Å². The van der Waals surface area contributed by atoms with E-state index in [1.165, 1.54) is 0 Å². The van der Waals surface area contributed by atoms with Gasteiger partial charge in [-0.25, -0.2) is 0 Å². The molecule has 18 heavy (non-hydrogen) atoms. The minimum Gasteiger partial charge on any atom is -0.322 e. The van der Waals surface area contributed by atoms with Crippen LogP contribution in [0.3, 0.4) is 0 Å². The standard InChI is InChI=1S/C14H11BrINO/c1-9-5-6-12(13(16)7-9)14(18)17-11-4-2-3-10(15)8-11/h2-8H,1H3,(H,17,18). The lowest BCUT2D eigenvalue weighted by Gasteiger charge is -2.07. The Morgan fingerprint density at radius 3 is 2.67 bits per heavy atom. The first kappa shape index (κ1) is 13.5. The van der Waals surface area contributed by atoms with Crippen LogP contribution in [0.1, 0.15) is 15.9 Å².